The standard InChI is InChI=1S/C12H15NO2/c13-7-8-6-11(8)9-2-1-3-12-10(9)4-5-14-15-12/h1-3,8,11H,4-7,13H2/t8-,11+/m0/s1. The summed E-state index contributed by atoms with van der Waals surface area (Å²) >= 11 is 0. The normalized spacial score (nSPS) is 28.1. The van der Waals surface area contributed by atoms with Gasteiger partial charge in [-0.2, -0.15) is 4.89 Å². The lowest BCUT2D eigenvalue weighted by atomic mass is 9.98. The monoisotopic (exact) mass is 205 g/mol. The summed E-state index contributed by atoms with van der Waals surface area (Å²) in [6.07, 6.45) is 2.19. The van der Waals surface area contributed by atoms with Crippen molar-refractivity contribution in [2.45, 2.75) is 18.8 Å². The Morgan fingerprint density at radius 3 is 3.13 bits per heavy atom. The van der Waals surface area contributed by atoms with Gasteiger partial charge < -0.3 is 10.6 Å². The summed E-state index contributed by atoms with van der Waals surface area (Å²) in [5, 5.41) is 0. The number of benzene rings is 1. The van der Waals surface area contributed by atoms with Crippen LogP contribution in [0.5, 0.6) is 5.75 Å². The van der Waals surface area contributed by atoms with E-state index in [1.165, 1.54) is 17.5 Å². The van der Waals surface area contributed by atoms with Crippen molar-refractivity contribution in [3.63, 3.8) is 0 Å². The Balaban J connectivity index is 1.94. The third-order valence-corrected chi connectivity index (χ3v) is 3.38. The molecule has 2 atom stereocenters. The van der Waals surface area contributed by atoms with Crippen LogP contribution >= 0.6 is 0 Å². The third-order valence-electron chi connectivity index (χ3n) is 3.38. The maximum Gasteiger partial charge on any atom is 0.168 e. The summed E-state index contributed by atoms with van der Waals surface area (Å²) in [4.78, 5) is 10.2. The van der Waals surface area contributed by atoms with Gasteiger partial charge in [0.05, 0.1) is 6.61 Å². The van der Waals surface area contributed by atoms with Gasteiger partial charge >= 0.3 is 0 Å². The number of nitrogens with two attached hydrogens (primary N) is 1. The largest absolute Gasteiger partial charge is 0.337 e. The second-order valence-corrected chi connectivity index (χ2v) is 4.32. The van der Waals surface area contributed by atoms with Crippen LogP contribution in [0, 0.1) is 5.92 Å². The molecule has 3 nitrogen and oxygen atoms in total. The molecule has 1 aliphatic heterocycles. The van der Waals surface area contributed by atoms with Gasteiger partial charge in [0.15, 0.2) is 5.75 Å². The van der Waals surface area contributed by atoms with E-state index in [1.807, 2.05) is 12.1 Å². The van der Waals surface area contributed by atoms with Crippen LogP contribution in [0.1, 0.15) is 23.5 Å². The summed E-state index contributed by atoms with van der Waals surface area (Å²) in [5.74, 6) is 2.23. The minimum atomic E-state index is 0.657. The fraction of sp³-hybridized carbons (Fsp3) is 0.500. The lowest BCUT2D eigenvalue weighted by Gasteiger charge is -2.18. The molecule has 1 heterocycles. The molecular formula is C12H15NO2. The van der Waals surface area contributed by atoms with Gasteiger partial charge in [-0.25, -0.2) is 0 Å². The fourth-order valence-electron chi connectivity index (χ4n) is 2.41. The molecule has 1 saturated carbocycles. The molecule has 1 aliphatic carbocycles. The minimum absolute atomic E-state index is 0.657. The van der Waals surface area contributed by atoms with Gasteiger partial charge in [-0.1, -0.05) is 12.1 Å². The number of rotatable bonds is 2. The number of hydrogen-bond donors (Lipinski definition) is 1. The van der Waals surface area contributed by atoms with Crippen LogP contribution in [0.4, 0.5) is 0 Å². The summed E-state index contributed by atoms with van der Waals surface area (Å²) in [6.45, 7) is 1.45. The third kappa shape index (κ3) is 1.52. The van der Waals surface area contributed by atoms with E-state index in [4.69, 9.17) is 15.5 Å². The molecule has 80 valence electrons. The molecule has 0 spiro atoms. The van der Waals surface area contributed by atoms with Crippen LogP contribution in [0.15, 0.2) is 18.2 Å². The molecule has 0 saturated heterocycles. The number of fused-ring (bicyclic) bond motifs is 1. The van der Waals surface area contributed by atoms with Crippen molar-refractivity contribution in [2.75, 3.05) is 13.2 Å². The molecular weight excluding hydrogens is 190 g/mol. The first-order valence-corrected chi connectivity index (χ1v) is 5.51. The molecule has 3 rings (SSSR count). The summed E-state index contributed by atoms with van der Waals surface area (Å²) in [5.41, 5.74) is 8.43. The molecule has 0 bridgehead atoms. The van der Waals surface area contributed by atoms with Gasteiger partial charge in [0.25, 0.3) is 0 Å². The highest BCUT2D eigenvalue weighted by atomic mass is 17.2. The van der Waals surface area contributed by atoms with Crippen molar-refractivity contribution in [3.8, 4) is 5.75 Å². The van der Waals surface area contributed by atoms with Crippen LogP contribution in [-0.2, 0) is 11.3 Å². The smallest absolute Gasteiger partial charge is 0.168 e. The quantitative estimate of drug-likeness (QED) is 0.746. The van der Waals surface area contributed by atoms with Crippen molar-refractivity contribution in [1.82, 2.24) is 0 Å². The average Bonchev–Trinajstić information content (AvgIpc) is 3.07. The Morgan fingerprint density at radius 2 is 2.33 bits per heavy atom. The first-order valence-electron chi connectivity index (χ1n) is 5.51. The summed E-state index contributed by atoms with van der Waals surface area (Å²) in [7, 11) is 0. The molecule has 1 fully saturated rings. The van der Waals surface area contributed by atoms with Crippen LogP contribution in [-0.4, -0.2) is 13.2 Å². The van der Waals surface area contributed by atoms with Crippen LogP contribution in [0.3, 0.4) is 0 Å². The molecule has 15 heavy (non-hydrogen) atoms. The van der Waals surface area contributed by atoms with Gasteiger partial charge in [-0.3, -0.25) is 0 Å². The zero-order chi connectivity index (χ0) is 10.3. The topological polar surface area (TPSA) is 44.5 Å². The zero-order valence-electron chi connectivity index (χ0n) is 8.61. The second kappa shape index (κ2) is 3.51. The summed E-state index contributed by atoms with van der Waals surface area (Å²) in [6, 6.07) is 6.21. The highest BCUT2D eigenvalue weighted by Gasteiger charge is 2.39. The van der Waals surface area contributed by atoms with Crippen LogP contribution in [0.2, 0.25) is 0 Å². The van der Waals surface area contributed by atoms with Gasteiger partial charge in [-0.15, -0.1) is 0 Å². The van der Waals surface area contributed by atoms with E-state index in [0.29, 0.717) is 18.4 Å². The summed E-state index contributed by atoms with van der Waals surface area (Å²) < 4.78 is 0. The highest BCUT2D eigenvalue weighted by Crippen LogP contribution is 2.49. The van der Waals surface area contributed by atoms with E-state index in [1.54, 1.807) is 0 Å². The SMILES string of the molecule is NC[C@@H]1C[C@H]1c1cccc2c1CCOO2. The first-order chi connectivity index (χ1) is 7.40. The van der Waals surface area contributed by atoms with Gasteiger partial charge in [-0.05, 0) is 36.4 Å². The minimum Gasteiger partial charge on any atom is -0.337 e. The predicted molar refractivity (Wildman–Crippen MR) is 56.6 cm³/mol. The fourth-order valence-corrected chi connectivity index (χ4v) is 2.41. The molecule has 1 aromatic carbocycles. The molecule has 2 N–H and O–H groups in total. The van der Waals surface area contributed by atoms with Crippen molar-refractivity contribution in [3.05, 3.63) is 29.3 Å². The Kier molecular flexibility index (Phi) is 2.15. The molecule has 0 unspecified atom stereocenters. The molecule has 0 aromatic heterocycles. The first kappa shape index (κ1) is 9.19. The van der Waals surface area contributed by atoms with E-state index in [9.17, 15) is 0 Å². The van der Waals surface area contributed by atoms with Crippen molar-refractivity contribution >= 4 is 0 Å². The Hall–Kier alpha value is -1.06. The molecule has 0 amide bonds. The maximum atomic E-state index is 5.68. The predicted octanol–water partition coefficient (Wildman–Crippen LogP) is 1.62. The molecule has 3 heteroatoms. The van der Waals surface area contributed by atoms with E-state index in [2.05, 4.69) is 6.07 Å². The van der Waals surface area contributed by atoms with E-state index < -0.39 is 0 Å². The number of hydrogen-bond acceptors (Lipinski definition) is 3. The van der Waals surface area contributed by atoms with E-state index in [-0.39, 0.29) is 0 Å². The lowest BCUT2D eigenvalue weighted by Crippen LogP contribution is -2.13. The van der Waals surface area contributed by atoms with Crippen molar-refractivity contribution < 1.29 is 9.78 Å². The van der Waals surface area contributed by atoms with Gasteiger partial charge in [0.1, 0.15) is 0 Å². The Labute approximate surface area is 89.1 Å². The van der Waals surface area contributed by atoms with Crippen LogP contribution in [0.25, 0.3) is 0 Å². The Bertz CT molecular complexity index is 378. The van der Waals surface area contributed by atoms with Gasteiger partial charge in [0, 0.05) is 12.0 Å². The van der Waals surface area contributed by atoms with E-state index >= 15 is 0 Å². The lowest BCUT2D eigenvalue weighted by molar-refractivity contribution is -0.215. The second-order valence-electron chi connectivity index (χ2n) is 4.32. The van der Waals surface area contributed by atoms with Crippen LogP contribution < -0.4 is 10.6 Å². The molecule has 1 aromatic rings. The van der Waals surface area contributed by atoms with Crippen molar-refractivity contribution in [1.29, 1.82) is 0 Å². The van der Waals surface area contributed by atoms with Crippen molar-refractivity contribution in [2.24, 2.45) is 11.7 Å². The Morgan fingerprint density at radius 1 is 1.40 bits per heavy atom. The highest BCUT2D eigenvalue weighted by molar-refractivity contribution is 5.44. The van der Waals surface area contributed by atoms with Gasteiger partial charge in [0.2, 0.25) is 0 Å². The average molecular weight is 205 g/mol. The zero-order valence-corrected chi connectivity index (χ0v) is 8.61. The molecule has 2 aliphatic rings. The molecule has 0 radical (unpaired) electrons. The maximum absolute atomic E-state index is 5.68. The van der Waals surface area contributed by atoms with E-state index in [0.717, 1.165) is 18.7 Å².